The van der Waals surface area contributed by atoms with Gasteiger partial charge in [-0.25, -0.2) is 4.98 Å². The van der Waals surface area contributed by atoms with Crippen LogP contribution in [0.2, 0.25) is 0 Å². The molecular formula is C22H23N3O3. The van der Waals surface area contributed by atoms with Crippen LogP contribution in [0.25, 0.3) is 11.4 Å². The first kappa shape index (κ1) is 18.1. The number of aromatic nitrogens is 2. The van der Waals surface area contributed by atoms with E-state index in [-0.39, 0.29) is 11.9 Å². The fourth-order valence-electron chi connectivity index (χ4n) is 3.52. The van der Waals surface area contributed by atoms with E-state index in [1.807, 2.05) is 66.3 Å². The van der Waals surface area contributed by atoms with Crippen molar-refractivity contribution < 1.29 is 14.3 Å². The minimum Gasteiger partial charge on any atom is -0.496 e. The fourth-order valence-corrected chi connectivity index (χ4v) is 3.52. The van der Waals surface area contributed by atoms with Crippen molar-refractivity contribution in [1.82, 2.24) is 14.5 Å². The van der Waals surface area contributed by atoms with E-state index in [0.717, 1.165) is 35.7 Å². The predicted molar refractivity (Wildman–Crippen MR) is 106 cm³/mol. The zero-order valence-electron chi connectivity index (χ0n) is 16.0. The Morgan fingerprint density at radius 1 is 1.18 bits per heavy atom. The van der Waals surface area contributed by atoms with Crippen LogP contribution in [0, 0.1) is 0 Å². The average molecular weight is 377 g/mol. The molecule has 1 fully saturated rings. The van der Waals surface area contributed by atoms with Gasteiger partial charge in [0.2, 0.25) is 5.91 Å². The average Bonchev–Trinajstić information content (AvgIpc) is 3.34. The van der Waals surface area contributed by atoms with Crippen molar-refractivity contribution in [3.05, 3.63) is 66.5 Å². The molecule has 3 aromatic rings. The monoisotopic (exact) mass is 377 g/mol. The summed E-state index contributed by atoms with van der Waals surface area (Å²) in [6.07, 6.45) is 4.36. The van der Waals surface area contributed by atoms with E-state index in [1.54, 1.807) is 18.2 Å². The van der Waals surface area contributed by atoms with Crippen molar-refractivity contribution in [3.63, 3.8) is 0 Å². The first-order chi connectivity index (χ1) is 13.7. The van der Waals surface area contributed by atoms with E-state index in [1.165, 1.54) is 0 Å². The highest BCUT2D eigenvalue weighted by Gasteiger charge is 2.32. The zero-order chi connectivity index (χ0) is 19.5. The maximum absolute atomic E-state index is 12.4. The van der Waals surface area contributed by atoms with Crippen molar-refractivity contribution in [2.75, 3.05) is 20.7 Å². The molecule has 28 heavy (non-hydrogen) atoms. The highest BCUT2D eigenvalue weighted by molar-refractivity contribution is 5.83. The summed E-state index contributed by atoms with van der Waals surface area (Å²) in [6, 6.07) is 15.5. The van der Waals surface area contributed by atoms with Crippen LogP contribution in [0.1, 0.15) is 18.0 Å². The maximum Gasteiger partial charge on any atom is 0.245 e. The molecule has 1 amide bonds. The number of likely N-dealkylation sites (N-methyl/N-ethyl adjacent to an activating group) is 1. The summed E-state index contributed by atoms with van der Waals surface area (Å²) in [6.45, 7) is 1.24. The molecule has 1 saturated heterocycles. The molecule has 1 aliphatic heterocycles. The second-order valence-electron chi connectivity index (χ2n) is 6.86. The highest BCUT2D eigenvalue weighted by Crippen LogP contribution is 2.35. The summed E-state index contributed by atoms with van der Waals surface area (Å²) in [4.78, 5) is 18.7. The number of benzene rings is 2. The normalized spacial score (nSPS) is 16.4. The molecule has 1 aliphatic rings. The second-order valence-corrected chi connectivity index (χ2v) is 6.86. The van der Waals surface area contributed by atoms with Gasteiger partial charge in [-0.2, -0.15) is 0 Å². The fraction of sp³-hybridized carbons (Fsp3) is 0.273. The molecule has 144 valence electrons. The lowest BCUT2D eigenvalue weighted by atomic mass is 10.1. The highest BCUT2D eigenvalue weighted by atomic mass is 16.5. The van der Waals surface area contributed by atoms with E-state index < -0.39 is 0 Å². The molecular weight excluding hydrogens is 354 g/mol. The number of hydrogen-bond donors (Lipinski definition) is 0. The quantitative estimate of drug-likeness (QED) is 0.659. The molecule has 6 heteroatoms. The number of amides is 1. The standard InChI is InChI=1S/C22H23N3O3/c1-24-12-10-19(22(24)26)25-13-11-23-21(25)18-9-8-17(14-20(18)27-2)28-15-16-6-4-3-5-7-16/h3-9,11,13-14,19H,10,12,15H2,1-2H3. The number of ether oxygens (including phenoxy) is 2. The molecule has 0 saturated carbocycles. The Hall–Kier alpha value is -3.28. The number of hydrogen-bond acceptors (Lipinski definition) is 4. The minimum absolute atomic E-state index is 0.112. The Morgan fingerprint density at radius 3 is 2.71 bits per heavy atom. The minimum atomic E-state index is -0.221. The van der Waals surface area contributed by atoms with E-state index in [0.29, 0.717) is 12.4 Å². The first-order valence-electron chi connectivity index (χ1n) is 9.30. The Kier molecular flexibility index (Phi) is 5.02. The molecule has 0 N–H and O–H groups in total. The number of imidazole rings is 1. The Labute approximate surface area is 164 Å². The molecule has 0 bridgehead atoms. The molecule has 1 aromatic heterocycles. The first-order valence-corrected chi connectivity index (χ1v) is 9.30. The smallest absolute Gasteiger partial charge is 0.245 e. The summed E-state index contributed by atoms with van der Waals surface area (Å²) >= 11 is 0. The van der Waals surface area contributed by atoms with Gasteiger partial charge in [-0.1, -0.05) is 30.3 Å². The van der Waals surface area contributed by atoms with Gasteiger partial charge in [0.05, 0.1) is 12.7 Å². The number of likely N-dealkylation sites (tertiary alicyclic amines) is 1. The van der Waals surface area contributed by atoms with Crippen LogP contribution in [0.3, 0.4) is 0 Å². The predicted octanol–water partition coefficient (Wildman–Crippen LogP) is 3.54. The van der Waals surface area contributed by atoms with Gasteiger partial charge in [0.15, 0.2) is 0 Å². The van der Waals surface area contributed by atoms with Crippen molar-refractivity contribution >= 4 is 5.91 Å². The largest absolute Gasteiger partial charge is 0.496 e. The summed E-state index contributed by atoms with van der Waals surface area (Å²) in [5.74, 6) is 2.22. The summed E-state index contributed by atoms with van der Waals surface area (Å²) in [7, 11) is 3.46. The van der Waals surface area contributed by atoms with Gasteiger partial charge >= 0.3 is 0 Å². The van der Waals surface area contributed by atoms with E-state index in [9.17, 15) is 4.79 Å². The van der Waals surface area contributed by atoms with E-state index >= 15 is 0 Å². The van der Waals surface area contributed by atoms with Gasteiger partial charge in [0, 0.05) is 32.1 Å². The van der Waals surface area contributed by atoms with Crippen molar-refractivity contribution in [2.45, 2.75) is 19.1 Å². The molecule has 4 rings (SSSR count). The van der Waals surface area contributed by atoms with Crippen LogP contribution < -0.4 is 9.47 Å². The Bertz CT molecular complexity index is 968. The lowest BCUT2D eigenvalue weighted by Crippen LogP contribution is -2.24. The molecule has 2 aromatic carbocycles. The third kappa shape index (κ3) is 3.45. The van der Waals surface area contributed by atoms with Gasteiger partial charge in [-0.15, -0.1) is 0 Å². The molecule has 6 nitrogen and oxygen atoms in total. The van der Waals surface area contributed by atoms with Crippen LogP contribution in [0.4, 0.5) is 0 Å². The van der Waals surface area contributed by atoms with Crippen LogP contribution in [-0.4, -0.2) is 41.1 Å². The topological polar surface area (TPSA) is 56.6 Å². The van der Waals surface area contributed by atoms with Crippen molar-refractivity contribution in [2.24, 2.45) is 0 Å². The zero-order valence-corrected chi connectivity index (χ0v) is 16.0. The van der Waals surface area contributed by atoms with Gasteiger partial charge in [0.25, 0.3) is 0 Å². The number of carbonyl (C=O) groups is 1. The summed E-state index contributed by atoms with van der Waals surface area (Å²) < 4.78 is 13.4. The van der Waals surface area contributed by atoms with E-state index in [2.05, 4.69) is 4.98 Å². The summed E-state index contributed by atoms with van der Waals surface area (Å²) in [5, 5.41) is 0. The van der Waals surface area contributed by atoms with Gasteiger partial charge < -0.3 is 18.9 Å². The molecule has 1 atom stereocenters. The van der Waals surface area contributed by atoms with Crippen molar-refractivity contribution in [3.8, 4) is 22.9 Å². The van der Waals surface area contributed by atoms with Crippen LogP contribution in [0.5, 0.6) is 11.5 Å². The Balaban J connectivity index is 1.59. The third-order valence-electron chi connectivity index (χ3n) is 5.07. The van der Waals surface area contributed by atoms with E-state index in [4.69, 9.17) is 9.47 Å². The maximum atomic E-state index is 12.4. The lowest BCUT2D eigenvalue weighted by Gasteiger charge is -2.17. The number of methoxy groups -OCH3 is 1. The number of carbonyl (C=O) groups excluding carboxylic acids is 1. The van der Waals surface area contributed by atoms with Gasteiger partial charge in [-0.3, -0.25) is 4.79 Å². The molecule has 0 radical (unpaired) electrons. The SMILES string of the molecule is COc1cc(OCc2ccccc2)ccc1-c1nccn1C1CCN(C)C1=O. The van der Waals surface area contributed by atoms with Crippen LogP contribution >= 0.6 is 0 Å². The van der Waals surface area contributed by atoms with Crippen LogP contribution in [-0.2, 0) is 11.4 Å². The molecule has 0 aliphatic carbocycles. The van der Waals surface area contributed by atoms with Gasteiger partial charge in [-0.05, 0) is 24.1 Å². The second kappa shape index (κ2) is 7.76. The molecule has 0 spiro atoms. The van der Waals surface area contributed by atoms with Crippen molar-refractivity contribution in [1.29, 1.82) is 0 Å². The Morgan fingerprint density at radius 2 is 2.00 bits per heavy atom. The molecule has 1 unspecified atom stereocenters. The van der Waals surface area contributed by atoms with Crippen LogP contribution in [0.15, 0.2) is 60.9 Å². The third-order valence-corrected chi connectivity index (χ3v) is 5.07. The summed E-state index contributed by atoms with van der Waals surface area (Å²) in [5.41, 5.74) is 1.94. The molecule has 2 heterocycles. The van der Waals surface area contributed by atoms with Gasteiger partial charge in [0.1, 0.15) is 30.0 Å². The number of rotatable bonds is 6. The number of nitrogens with zero attached hydrogens (tertiary/aromatic N) is 3. The lowest BCUT2D eigenvalue weighted by molar-refractivity contribution is -0.129.